The van der Waals surface area contributed by atoms with Gasteiger partial charge in [-0.2, -0.15) is 5.10 Å². The first-order valence-electron chi connectivity index (χ1n) is 5.52. The summed E-state index contributed by atoms with van der Waals surface area (Å²) in [6.45, 7) is 1.95. The number of aromatic amines is 1. The molecule has 2 rings (SSSR count). The van der Waals surface area contributed by atoms with Gasteiger partial charge in [-0.15, -0.1) is 0 Å². The zero-order chi connectivity index (χ0) is 13.9. The van der Waals surface area contributed by atoms with Crippen molar-refractivity contribution in [1.82, 2.24) is 24.9 Å². The lowest BCUT2D eigenvalue weighted by molar-refractivity contribution is 0.574. The molecule has 0 fully saturated rings. The van der Waals surface area contributed by atoms with E-state index in [1.165, 1.54) is 12.4 Å². The SMILES string of the molecule is Cc1cnc(CNS(=O)(=O)c2[nH]ncc2CN)cn1. The molecule has 0 aliphatic heterocycles. The summed E-state index contributed by atoms with van der Waals surface area (Å²) in [5.41, 5.74) is 7.17. The molecule has 102 valence electrons. The molecular formula is C10H14N6O2S. The van der Waals surface area contributed by atoms with Crippen molar-refractivity contribution in [2.75, 3.05) is 0 Å². The number of aryl methyl sites for hydroxylation is 1. The Morgan fingerprint density at radius 2 is 2.11 bits per heavy atom. The second kappa shape index (κ2) is 5.43. The summed E-state index contributed by atoms with van der Waals surface area (Å²) in [7, 11) is -3.68. The van der Waals surface area contributed by atoms with Gasteiger partial charge in [0.15, 0.2) is 5.03 Å². The van der Waals surface area contributed by atoms with Crippen LogP contribution in [0.5, 0.6) is 0 Å². The number of hydrogen-bond donors (Lipinski definition) is 3. The third-order valence-corrected chi connectivity index (χ3v) is 3.86. The number of sulfonamides is 1. The van der Waals surface area contributed by atoms with Crippen LogP contribution in [-0.4, -0.2) is 28.6 Å². The Morgan fingerprint density at radius 1 is 1.32 bits per heavy atom. The van der Waals surface area contributed by atoms with Crippen LogP contribution in [0.1, 0.15) is 17.0 Å². The van der Waals surface area contributed by atoms with E-state index < -0.39 is 10.0 Å². The third kappa shape index (κ3) is 3.13. The lowest BCUT2D eigenvalue weighted by atomic mass is 10.4. The van der Waals surface area contributed by atoms with Gasteiger partial charge in [0.1, 0.15) is 0 Å². The van der Waals surface area contributed by atoms with Gasteiger partial charge in [0.2, 0.25) is 0 Å². The van der Waals surface area contributed by atoms with Crippen LogP contribution in [0, 0.1) is 6.92 Å². The van der Waals surface area contributed by atoms with Crippen molar-refractivity contribution in [3.05, 3.63) is 35.5 Å². The molecule has 0 aromatic carbocycles. The molecular weight excluding hydrogens is 268 g/mol. The molecule has 0 radical (unpaired) electrons. The van der Waals surface area contributed by atoms with E-state index in [9.17, 15) is 8.42 Å². The second-order valence-electron chi connectivity index (χ2n) is 3.90. The van der Waals surface area contributed by atoms with Crippen LogP contribution < -0.4 is 10.5 Å². The molecule has 9 heteroatoms. The Balaban J connectivity index is 2.12. The summed E-state index contributed by atoms with van der Waals surface area (Å²) < 4.78 is 26.5. The van der Waals surface area contributed by atoms with Gasteiger partial charge >= 0.3 is 0 Å². The lowest BCUT2D eigenvalue weighted by Gasteiger charge is -2.05. The molecule has 2 aromatic rings. The predicted octanol–water partition coefficient (Wildman–Crippen LogP) is -0.555. The number of nitrogens with zero attached hydrogens (tertiary/aromatic N) is 3. The van der Waals surface area contributed by atoms with Crippen molar-refractivity contribution in [3.8, 4) is 0 Å². The van der Waals surface area contributed by atoms with E-state index in [2.05, 4.69) is 24.9 Å². The van der Waals surface area contributed by atoms with Crippen molar-refractivity contribution in [3.63, 3.8) is 0 Å². The van der Waals surface area contributed by atoms with E-state index in [0.717, 1.165) is 5.69 Å². The molecule has 0 saturated heterocycles. The van der Waals surface area contributed by atoms with Crippen molar-refractivity contribution in [2.24, 2.45) is 5.73 Å². The zero-order valence-corrected chi connectivity index (χ0v) is 11.1. The summed E-state index contributed by atoms with van der Waals surface area (Å²) in [6.07, 6.45) is 4.49. The van der Waals surface area contributed by atoms with Crippen LogP contribution in [0.15, 0.2) is 23.6 Å². The van der Waals surface area contributed by atoms with Crippen molar-refractivity contribution in [2.45, 2.75) is 25.0 Å². The van der Waals surface area contributed by atoms with Crippen LogP contribution in [0.2, 0.25) is 0 Å². The highest BCUT2D eigenvalue weighted by Gasteiger charge is 2.19. The summed E-state index contributed by atoms with van der Waals surface area (Å²) in [6, 6.07) is 0. The van der Waals surface area contributed by atoms with Crippen LogP contribution in [0.4, 0.5) is 0 Å². The number of hydrogen-bond acceptors (Lipinski definition) is 6. The predicted molar refractivity (Wildman–Crippen MR) is 67.3 cm³/mol. The maximum absolute atomic E-state index is 12.0. The number of nitrogens with one attached hydrogen (secondary N) is 2. The van der Waals surface area contributed by atoms with Gasteiger partial charge in [-0.25, -0.2) is 13.1 Å². The normalized spacial score (nSPS) is 11.7. The lowest BCUT2D eigenvalue weighted by Crippen LogP contribution is -2.25. The van der Waals surface area contributed by atoms with Crippen LogP contribution in [0.25, 0.3) is 0 Å². The summed E-state index contributed by atoms with van der Waals surface area (Å²) in [4.78, 5) is 8.10. The Labute approximate surface area is 110 Å². The molecule has 2 heterocycles. The van der Waals surface area contributed by atoms with E-state index >= 15 is 0 Å². The molecule has 0 amide bonds. The minimum atomic E-state index is -3.68. The van der Waals surface area contributed by atoms with Crippen LogP contribution in [0.3, 0.4) is 0 Å². The molecule has 0 bridgehead atoms. The van der Waals surface area contributed by atoms with Crippen molar-refractivity contribution in [1.29, 1.82) is 0 Å². The van der Waals surface area contributed by atoms with Crippen LogP contribution in [-0.2, 0) is 23.1 Å². The summed E-state index contributed by atoms with van der Waals surface area (Å²) in [5.74, 6) is 0. The maximum atomic E-state index is 12.0. The molecule has 0 spiro atoms. The standard InChI is InChI=1S/C10H14N6O2S/c1-7-3-13-9(5-12-7)6-15-19(17,18)10-8(2-11)4-14-16-10/h3-5,15H,2,6,11H2,1H3,(H,14,16). The number of H-pyrrole nitrogens is 1. The highest BCUT2D eigenvalue weighted by Crippen LogP contribution is 2.11. The number of rotatable bonds is 5. The molecule has 19 heavy (non-hydrogen) atoms. The van der Waals surface area contributed by atoms with Crippen molar-refractivity contribution >= 4 is 10.0 Å². The minimum Gasteiger partial charge on any atom is -0.326 e. The fraction of sp³-hybridized carbons (Fsp3) is 0.300. The van der Waals surface area contributed by atoms with E-state index in [0.29, 0.717) is 11.3 Å². The Hall–Kier alpha value is -1.84. The molecule has 0 unspecified atom stereocenters. The van der Waals surface area contributed by atoms with E-state index in [1.807, 2.05) is 0 Å². The first kappa shape index (κ1) is 13.6. The topological polar surface area (TPSA) is 127 Å². The van der Waals surface area contributed by atoms with Gasteiger partial charge in [0, 0.05) is 18.3 Å². The average molecular weight is 282 g/mol. The van der Waals surface area contributed by atoms with E-state index in [1.54, 1.807) is 13.1 Å². The first-order chi connectivity index (χ1) is 9.03. The highest BCUT2D eigenvalue weighted by atomic mass is 32.2. The quantitative estimate of drug-likeness (QED) is 0.675. The largest absolute Gasteiger partial charge is 0.326 e. The van der Waals surface area contributed by atoms with Gasteiger partial charge in [0.05, 0.1) is 30.3 Å². The first-order valence-corrected chi connectivity index (χ1v) is 7.01. The van der Waals surface area contributed by atoms with Gasteiger partial charge in [-0.05, 0) is 6.92 Å². The monoisotopic (exact) mass is 282 g/mol. The highest BCUT2D eigenvalue weighted by molar-refractivity contribution is 7.89. The van der Waals surface area contributed by atoms with E-state index in [4.69, 9.17) is 5.73 Å². The van der Waals surface area contributed by atoms with Crippen LogP contribution >= 0.6 is 0 Å². The molecule has 0 atom stereocenters. The number of aromatic nitrogens is 4. The van der Waals surface area contributed by atoms with Gasteiger partial charge < -0.3 is 5.73 Å². The maximum Gasteiger partial charge on any atom is 0.258 e. The Bertz CT molecular complexity index is 649. The fourth-order valence-corrected chi connectivity index (χ4v) is 2.57. The van der Waals surface area contributed by atoms with Gasteiger partial charge in [-0.3, -0.25) is 15.1 Å². The smallest absolute Gasteiger partial charge is 0.258 e. The average Bonchev–Trinajstić information content (AvgIpc) is 2.87. The molecule has 2 aromatic heterocycles. The minimum absolute atomic E-state index is 0.0185. The Morgan fingerprint density at radius 3 is 2.74 bits per heavy atom. The summed E-state index contributed by atoms with van der Waals surface area (Å²) in [5, 5.41) is 6.08. The third-order valence-electron chi connectivity index (χ3n) is 2.44. The molecule has 0 aliphatic rings. The molecule has 8 nitrogen and oxygen atoms in total. The van der Waals surface area contributed by atoms with Gasteiger partial charge in [-0.1, -0.05) is 0 Å². The number of nitrogens with two attached hydrogens (primary N) is 1. The fourth-order valence-electron chi connectivity index (χ4n) is 1.43. The molecule has 0 saturated carbocycles. The van der Waals surface area contributed by atoms with Gasteiger partial charge in [0.25, 0.3) is 10.0 Å². The van der Waals surface area contributed by atoms with Crippen molar-refractivity contribution < 1.29 is 8.42 Å². The molecule has 4 N–H and O–H groups in total. The Kier molecular flexibility index (Phi) is 3.88. The van der Waals surface area contributed by atoms with E-state index in [-0.39, 0.29) is 18.1 Å². The second-order valence-corrected chi connectivity index (χ2v) is 5.61. The molecule has 0 aliphatic carbocycles. The summed E-state index contributed by atoms with van der Waals surface area (Å²) >= 11 is 0. The zero-order valence-electron chi connectivity index (χ0n) is 10.3.